The van der Waals surface area contributed by atoms with Crippen LogP contribution in [0.25, 0.3) is 11.0 Å². The quantitative estimate of drug-likeness (QED) is 0.578. The van der Waals surface area contributed by atoms with Gasteiger partial charge in [0, 0.05) is 18.0 Å². The zero-order chi connectivity index (χ0) is 19.1. The van der Waals surface area contributed by atoms with Crippen molar-refractivity contribution >= 4 is 16.9 Å². The van der Waals surface area contributed by atoms with Crippen molar-refractivity contribution in [2.45, 2.75) is 12.5 Å². The number of ether oxygens (including phenoxy) is 1. The first-order chi connectivity index (χ1) is 13.7. The third-order valence-electron chi connectivity index (χ3n) is 5.31. The van der Waals surface area contributed by atoms with E-state index < -0.39 is 0 Å². The molecule has 28 heavy (non-hydrogen) atoms. The van der Waals surface area contributed by atoms with Crippen molar-refractivity contribution in [1.82, 2.24) is 24.8 Å². The van der Waals surface area contributed by atoms with Gasteiger partial charge in [0.2, 0.25) is 0 Å². The molecule has 2 aromatic heterocycles. The fraction of sp³-hybridized carbons (Fsp3) is 0.190. The number of benzene rings is 2. The lowest BCUT2D eigenvalue weighted by molar-refractivity contribution is 0.0722. The predicted molar refractivity (Wildman–Crippen MR) is 104 cm³/mol. The minimum absolute atomic E-state index is 0.00439. The summed E-state index contributed by atoms with van der Waals surface area (Å²) in [5.41, 5.74) is 5.43. The van der Waals surface area contributed by atoms with Gasteiger partial charge < -0.3 is 19.6 Å². The van der Waals surface area contributed by atoms with Gasteiger partial charge in [0.15, 0.2) is 0 Å². The Morgan fingerprint density at radius 2 is 1.93 bits per heavy atom. The van der Waals surface area contributed by atoms with E-state index in [1.54, 1.807) is 19.8 Å². The Balaban J connectivity index is 1.48. The maximum atomic E-state index is 13.2. The maximum absolute atomic E-state index is 13.2. The number of carbonyl (C=O) groups excluding carboxylic acids is 1. The minimum Gasteiger partial charge on any atom is -0.497 e. The number of nitrogens with zero attached hydrogens (tertiary/aromatic N) is 3. The van der Waals surface area contributed by atoms with Crippen molar-refractivity contribution in [2.75, 3.05) is 13.7 Å². The van der Waals surface area contributed by atoms with Gasteiger partial charge in [0.1, 0.15) is 5.75 Å². The number of fused-ring (bicyclic) bond motifs is 2. The van der Waals surface area contributed by atoms with Gasteiger partial charge >= 0.3 is 0 Å². The van der Waals surface area contributed by atoms with Crippen LogP contribution in [0.2, 0.25) is 0 Å². The number of carbonyl (C=O) groups is 1. The van der Waals surface area contributed by atoms with Gasteiger partial charge in [-0.15, -0.1) is 0 Å². The van der Waals surface area contributed by atoms with Crippen molar-refractivity contribution in [1.29, 1.82) is 0 Å². The van der Waals surface area contributed by atoms with Crippen LogP contribution in [-0.2, 0) is 6.54 Å². The molecule has 1 unspecified atom stereocenters. The monoisotopic (exact) mass is 373 g/mol. The van der Waals surface area contributed by atoms with E-state index >= 15 is 0 Å². The largest absolute Gasteiger partial charge is 0.497 e. The van der Waals surface area contributed by atoms with Crippen molar-refractivity contribution < 1.29 is 9.53 Å². The Hall–Kier alpha value is -3.61. The Morgan fingerprint density at radius 1 is 1.11 bits per heavy atom. The van der Waals surface area contributed by atoms with Crippen LogP contribution in [0.4, 0.5) is 0 Å². The zero-order valence-electron chi connectivity index (χ0n) is 15.3. The lowest BCUT2D eigenvalue weighted by atomic mass is 9.90. The van der Waals surface area contributed by atoms with Crippen LogP contribution in [0.1, 0.15) is 33.2 Å². The molecule has 7 heteroatoms. The molecule has 1 amide bonds. The van der Waals surface area contributed by atoms with Crippen LogP contribution in [-0.4, -0.2) is 44.4 Å². The lowest BCUT2D eigenvalue weighted by Crippen LogP contribution is -2.38. The summed E-state index contributed by atoms with van der Waals surface area (Å²) in [6.45, 7) is 1.09. The molecule has 1 aliphatic heterocycles. The van der Waals surface area contributed by atoms with E-state index in [9.17, 15) is 4.79 Å². The third kappa shape index (κ3) is 2.72. The SMILES string of the molecule is COc1ccc(C2CN(C(=O)c3ccc4nc[nH]c4c3)Cc3[nH]cnc32)cc1. The number of hydrogen-bond donors (Lipinski definition) is 2. The van der Waals surface area contributed by atoms with Gasteiger partial charge in [-0.25, -0.2) is 9.97 Å². The molecular formula is C21H19N5O2. The highest BCUT2D eigenvalue weighted by molar-refractivity contribution is 5.97. The number of amides is 1. The summed E-state index contributed by atoms with van der Waals surface area (Å²) < 4.78 is 5.26. The second kappa shape index (κ2) is 6.53. The molecular weight excluding hydrogens is 354 g/mol. The number of aromatic nitrogens is 4. The molecule has 0 spiro atoms. The average molecular weight is 373 g/mol. The Morgan fingerprint density at radius 3 is 2.75 bits per heavy atom. The molecule has 0 bridgehead atoms. The molecule has 5 rings (SSSR count). The molecule has 0 radical (unpaired) electrons. The first kappa shape index (κ1) is 16.6. The highest BCUT2D eigenvalue weighted by atomic mass is 16.5. The van der Waals surface area contributed by atoms with E-state index in [0.29, 0.717) is 18.7 Å². The van der Waals surface area contributed by atoms with Crippen LogP contribution in [0.5, 0.6) is 5.75 Å². The second-order valence-electron chi connectivity index (χ2n) is 6.91. The van der Waals surface area contributed by atoms with E-state index in [2.05, 4.69) is 19.9 Å². The standard InChI is InChI=1S/C21H19N5O2/c1-28-15-5-2-13(3-6-15)16-9-26(10-19-20(16)25-12-24-19)21(27)14-4-7-17-18(8-14)23-11-22-17/h2-8,11-12,16H,9-10H2,1H3,(H,22,23)(H,24,25). The number of hydrogen-bond acceptors (Lipinski definition) is 4. The number of H-pyrrole nitrogens is 2. The van der Waals surface area contributed by atoms with Crippen molar-refractivity contribution in [3.8, 4) is 5.75 Å². The summed E-state index contributed by atoms with van der Waals surface area (Å²) >= 11 is 0. The Kier molecular flexibility index (Phi) is 3.86. The summed E-state index contributed by atoms with van der Waals surface area (Å²) in [6, 6.07) is 13.5. The van der Waals surface area contributed by atoms with E-state index in [0.717, 1.165) is 33.7 Å². The zero-order valence-corrected chi connectivity index (χ0v) is 15.3. The van der Waals surface area contributed by atoms with Crippen LogP contribution in [0, 0.1) is 0 Å². The van der Waals surface area contributed by atoms with Crippen molar-refractivity contribution in [3.63, 3.8) is 0 Å². The number of rotatable bonds is 3. The number of methoxy groups -OCH3 is 1. The fourth-order valence-electron chi connectivity index (χ4n) is 3.83. The summed E-state index contributed by atoms with van der Waals surface area (Å²) in [5, 5.41) is 0. The van der Waals surface area contributed by atoms with Gasteiger partial charge in [-0.2, -0.15) is 0 Å². The molecule has 0 aliphatic carbocycles. The van der Waals surface area contributed by atoms with E-state index in [1.165, 1.54) is 0 Å². The first-order valence-corrected chi connectivity index (χ1v) is 9.11. The second-order valence-corrected chi connectivity index (χ2v) is 6.91. The summed E-state index contributed by atoms with van der Waals surface area (Å²) in [7, 11) is 1.65. The molecule has 1 atom stereocenters. The fourth-order valence-corrected chi connectivity index (χ4v) is 3.83. The summed E-state index contributed by atoms with van der Waals surface area (Å²) in [4.78, 5) is 30.1. The Labute approximate surface area is 161 Å². The van der Waals surface area contributed by atoms with Crippen molar-refractivity contribution in [3.05, 3.63) is 77.6 Å². The highest BCUT2D eigenvalue weighted by Gasteiger charge is 2.31. The number of imidazole rings is 2. The highest BCUT2D eigenvalue weighted by Crippen LogP contribution is 2.33. The predicted octanol–water partition coefficient (Wildman–Crippen LogP) is 3.08. The molecule has 140 valence electrons. The molecule has 0 fully saturated rings. The first-order valence-electron chi connectivity index (χ1n) is 9.11. The summed E-state index contributed by atoms with van der Waals surface area (Å²) in [5.74, 6) is 0.818. The van der Waals surface area contributed by atoms with Gasteiger partial charge in [-0.05, 0) is 35.9 Å². The maximum Gasteiger partial charge on any atom is 0.254 e. The minimum atomic E-state index is -0.00439. The third-order valence-corrected chi connectivity index (χ3v) is 5.31. The molecule has 1 aliphatic rings. The number of aromatic amines is 2. The molecule has 2 aromatic carbocycles. The molecule has 3 heterocycles. The van der Waals surface area contributed by atoms with Crippen LogP contribution in [0.15, 0.2) is 55.1 Å². The van der Waals surface area contributed by atoms with E-state index in [1.807, 2.05) is 47.4 Å². The van der Waals surface area contributed by atoms with Gasteiger partial charge in [0.25, 0.3) is 5.91 Å². The molecule has 0 saturated carbocycles. The molecule has 4 aromatic rings. The van der Waals surface area contributed by atoms with Crippen LogP contribution < -0.4 is 4.74 Å². The Bertz CT molecular complexity index is 1150. The number of nitrogens with one attached hydrogen (secondary N) is 2. The molecule has 7 nitrogen and oxygen atoms in total. The van der Waals surface area contributed by atoms with Gasteiger partial charge in [0.05, 0.1) is 48.7 Å². The van der Waals surface area contributed by atoms with E-state index in [4.69, 9.17) is 4.74 Å². The van der Waals surface area contributed by atoms with Crippen LogP contribution in [0.3, 0.4) is 0 Å². The summed E-state index contributed by atoms with van der Waals surface area (Å²) in [6.07, 6.45) is 3.34. The normalized spacial score (nSPS) is 16.2. The van der Waals surface area contributed by atoms with E-state index in [-0.39, 0.29) is 11.8 Å². The molecule has 2 N–H and O–H groups in total. The van der Waals surface area contributed by atoms with Crippen molar-refractivity contribution in [2.24, 2.45) is 0 Å². The average Bonchev–Trinajstić information content (AvgIpc) is 3.41. The van der Waals surface area contributed by atoms with Gasteiger partial charge in [-0.3, -0.25) is 4.79 Å². The van der Waals surface area contributed by atoms with Gasteiger partial charge in [-0.1, -0.05) is 12.1 Å². The van der Waals surface area contributed by atoms with Crippen LogP contribution >= 0.6 is 0 Å². The lowest BCUT2D eigenvalue weighted by Gasteiger charge is -2.32. The smallest absolute Gasteiger partial charge is 0.254 e. The molecule has 0 saturated heterocycles. The topological polar surface area (TPSA) is 86.9 Å².